The Morgan fingerprint density at radius 1 is 1.30 bits per heavy atom. The van der Waals surface area contributed by atoms with Crippen LogP contribution in [0.25, 0.3) is 0 Å². The number of likely N-dealkylation sites (tertiary alicyclic amines) is 1. The summed E-state index contributed by atoms with van der Waals surface area (Å²) < 4.78 is 15.2. The molecule has 2 amide bonds. The molecule has 0 spiro atoms. The number of methoxy groups -OCH3 is 1. The van der Waals surface area contributed by atoms with Gasteiger partial charge in [0, 0.05) is 6.54 Å². The van der Waals surface area contributed by atoms with E-state index in [1.54, 1.807) is 0 Å². The minimum atomic E-state index is -1.04. The van der Waals surface area contributed by atoms with Crippen molar-refractivity contribution in [2.24, 2.45) is 0 Å². The van der Waals surface area contributed by atoms with E-state index in [1.165, 1.54) is 12.0 Å². The largest absolute Gasteiger partial charge is 0.467 e. The molecule has 2 atom stereocenters. The summed E-state index contributed by atoms with van der Waals surface area (Å²) in [5.74, 6) is -0.673. The molecule has 1 fully saturated rings. The number of rotatable bonds is 8. The molecule has 1 heterocycles. The van der Waals surface area contributed by atoms with Crippen LogP contribution >= 0.6 is 0 Å². The molecule has 9 nitrogen and oxygen atoms in total. The molecule has 1 aromatic carbocycles. The van der Waals surface area contributed by atoms with E-state index in [4.69, 9.17) is 14.6 Å². The molecule has 1 aliphatic rings. The minimum Gasteiger partial charge on any atom is -0.467 e. The molecule has 0 radical (unpaired) electrons. The lowest BCUT2D eigenvalue weighted by molar-refractivity contribution is -0.144. The first-order valence-electron chi connectivity index (χ1n) is 8.63. The zero-order valence-corrected chi connectivity index (χ0v) is 15.1. The number of ether oxygens (including phenoxy) is 3. The Kier molecular flexibility index (Phi) is 7.87. The Morgan fingerprint density at radius 3 is 2.70 bits per heavy atom. The number of alkyl carbamates (subject to hydrolysis) is 1. The quantitative estimate of drug-likeness (QED) is 0.659. The van der Waals surface area contributed by atoms with E-state index in [-0.39, 0.29) is 25.9 Å². The number of benzene rings is 1. The van der Waals surface area contributed by atoms with Gasteiger partial charge in [-0.25, -0.2) is 14.4 Å². The van der Waals surface area contributed by atoms with E-state index < -0.39 is 24.2 Å². The molecule has 1 saturated heterocycles. The van der Waals surface area contributed by atoms with Gasteiger partial charge >= 0.3 is 18.2 Å². The second-order valence-electron chi connectivity index (χ2n) is 6.09. The average molecular weight is 380 g/mol. The SMILES string of the molecule is COC(=O)C(COC[C@H]1CCCN1C(=O)O)NC(=O)OCc1ccccc1. The van der Waals surface area contributed by atoms with Crippen LogP contribution in [0.3, 0.4) is 0 Å². The first kappa shape index (κ1) is 20.5. The van der Waals surface area contributed by atoms with Crippen LogP contribution in [0.2, 0.25) is 0 Å². The number of carboxylic acid groups (broad SMARTS) is 1. The van der Waals surface area contributed by atoms with Crippen molar-refractivity contribution in [1.82, 2.24) is 10.2 Å². The van der Waals surface area contributed by atoms with Crippen molar-refractivity contribution in [3.05, 3.63) is 35.9 Å². The third-order valence-electron chi connectivity index (χ3n) is 4.21. The van der Waals surface area contributed by atoms with E-state index in [9.17, 15) is 14.4 Å². The van der Waals surface area contributed by atoms with Gasteiger partial charge in [0.15, 0.2) is 6.04 Å². The topological polar surface area (TPSA) is 114 Å². The fourth-order valence-electron chi connectivity index (χ4n) is 2.80. The minimum absolute atomic E-state index is 0.0665. The molecule has 2 rings (SSSR count). The Labute approximate surface area is 157 Å². The van der Waals surface area contributed by atoms with Crippen LogP contribution in [-0.4, -0.2) is 67.1 Å². The third kappa shape index (κ3) is 6.45. The van der Waals surface area contributed by atoms with Gasteiger partial charge in [0.05, 0.1) is 26.4 Å². The predicted molar refractivity (Wildman–Crippen MR) is 94.1 cm³/mol. The Morgan fingerprint density at radius 2 is 2.04 bits per heavy atom. The maximum atomic E-state index is 11.9. The number of carbonyl (C=O) groups is 3. The molecule has 2 N–H and O–H groups in total. The van der Waals surface area contributed by atoms with Crippen LogP contribution in [0.1, 0.15) is 18.4 Å². The lowest BCUT2D eigenvalue weighted by Gasteiger charge is -2.22. The van der Waals surface area contributed by atoms with Gasteiger partial charge in [-0.05, 0) is 18.4 Å². The van der Waals surface area contributed by atoms with Crippen molar-refractivity contribution >= 4 is 18.2 Å². The zero-order chi connectivity index (χ0) is 19.6. The van der Waals surface area contributed by atoms with E-state index in [1.807, 2.05) is 30.3 Å². The zero-order valence-electron chi connectivity index (χ0n) is 15.1. The van der Waals surface area contributed by atoms with Crippen molar-refractivity contribution in [2.75, 3.05) is 26.9 Å². The van der Waals surface area contributed by atoms with Gasteiger partial charge in [-0.2, -0.15) is 0 Å². The Hall–Kier alpha value is -2.81. The maximum Gasteiger partial charge on any atom is 0.408 e. The number of nitrogens with one attached hydrogen (secondary N) is 1. The van der Waals surface area contributed by atoms with Crippen LogP contribution in [0.5, 0.6) is 0 Å². The van der Waals surface area contributed by atoms with Gasteiger partial charge in [-0.15, -0.1) is 0 Å². The predicted octanol–water partition coefficient (Wildman–Crippen LogP) is 1.61. The smallest absolute Gasteiger partial charge is 0.408 e. The lowest BCUT2D eigenvalue weighted by atomic mass is 10.2. The number of hydrogen-bond acceptors (Lipinski definition) is 6. The fourth-order valence-corrected chi connectivity index (χ4v) is 2.80. The molecule has 1 aromatic rings. The van der Waals surface area contributed by atoms with E-state index in [0.717, 1.165) is 12.0 Å². The van der Waals surface area contributed by atoms with Gasteiger partial charge in [0.2, 0.25) is 0 Å². The van der Waals surface area contributed by atoms with Gasteiger partial charge in [-0.1, -0.05) is 30.3 Å². The molecule has 0 bridgehead atoms. The number of esters is 1. The van der Waals surface area contributed by atoms with Crippen molar-refractivity contribution in [1.29, 1.82) is 0 Å². The maximum absolute atomic E-state index is 11.9. The second kappa shape index (κ2) is 10.4. The molecule has 0 aliphatic carbocycles. The molecule has 9 heteroatoms. The summed E-state index contributed by atoms with van der Waals surface area (Å²) in [6, 6.07) is 7.82. The normalized spacial score (nSPS) is 17.2. The number of amides is 2. The van der Waals surface area contributed by atoms with E-state index in [0.29, 0.717) is 13.0 Å². The van der Waals surface area contributed by atoms with Gasteiger partial charge in [0.1, 0.15) is 6.61 Å². The van der Waals surface area contributed by atoms with Crippen molar-refractivity contribution in [3.63, 3.8) is 0 Å². The highest BCUT2D eigenvalue weighted by molar-refractivity contribution is 5.81. The lowest BCUT2D eigenvalue weighted by Crippen LogP contribution is -2.46. The van der Waals surface area contributed by atoms with Gasteiger partial charge < -0.3 is 29.5 Å². The first-order valence-corrected chi connectivity index (χ1v) is 8.63. The van der Waals surface area contributed by atoms with Crippen LogP contribution in [-0.2, 0) is 25.6 Å². The summed E-state index contributed by atoms with van der Waals surface area (Å²) in [6.07, 6.45) is -0.300. The van der Waals surface area contributed by atoms with Gasteiger partial charge in [-0.3, -0.25) is 0 Å². The number of nitrogens with zero attached hydrogens (tertiary/aromatic N) is 1. The second-order valence-corrected chi connectivity index (χ2v) is 6.09. The highest BCUT2D eigenvalue weighted by atomic mass is 16.6. The average Bonchev–Trinajstić information content (AvgIpc) is 3.14. The summed E-state index contributed by atoms with van der Waals surface area (Å²) in [4.78, 5) is 36.2. The van der Waals surface area contributed by atoms with E-state index >= 15 is 0 Å². The van der Waals surface area contributed by atoms with Crippen LogP contribution < -0.4 is 5.32 Å². The summed E-state index contributed by atoms with van der Waals surface area (Å²) >= 11 is 0. The van der Waals surface area contributed by atoms with Crippen molar-refractivity contribution < 1.29 is 33.7 Å². The highest BCUT2D eigenvalue weighted by Crippen LogP contribution is 2.17. The summed E-state index contributed by atoms with van der Waals surface area (Å²) in [6.45, 7) is 0.530. The first-order chi connectivity index (χ1) is 13.0. The molecule has 0 saturated carbocycles. The monoisotopic (exact) mass is 380 g/mol. The van der Waals surface area contributed by atoms with Crippen molar-refractivity contribution in [3.8, 4) is 0 Å². The summed E-state index contributed by atoms with van der Waals surface area (Å²) in [7, 11) is 1.20. The van der Waals surface area contributed by atoms with Crippen LogP contribution in [0, 0.1) is 0 Å². The molecule has 148 valence electrons. The third-order valence-corrected chi connectivity index (χ3v) is 4.21. The molecule has 27 heavy (non-hydrogen) atoms. The van der Waals surface area contributed by atoms with Crippen molar-refractivity contribution in [2.45, 2.75) is 31.5 Å². The summed E-state index contributed by atoms with van der Waals surface area (Å²) in [5, 5.41) is 11.5. The molecule has 1 aliphatic heterocycles. The van der Waals surface area contributed by atoms with Gasteiger partial charge in [0.25, 0.3) is 0 Å². The number of carbonyl (C=O) groups excluding carboxylic acids is 2. The van der Waals surface area contributed by atoms with Crippen LogP contribution in [0.4, 0.5) is 9.59 Å². The fraction of sp³-hybridized carbons (Fsp3) is 0.500. The molecular weight excluding hydrogens is 356 g/mol. The summed E-state index contributed by atoms with van der Waals surface area (Å²) in [5.41, 5.74) is 0.813. The molecule has 0 aromatic heterocycles. The molecule has 1 unspecified atom stereocenters. The Balaban J connectivity index is 1.79. The van der Waals surface area contributed by atoms with Crippen LogP contribution in [0.15, 0.2) is 30.3 Å². The standard InChI is InChI=1S/C18H24N2O7/c1-25-16(21)15(12-26-11-14-8-5-9-20(14)18(23)24)19-17(22)27-10-13-6-3-2-4-7-13/h2-4,6-7,14-15H,5,8-12H2,1H3,(H,19,22)(H,23,24)/t14-,15?/m1/s1. The Bertz CT molecular complexity index is 638. The highest BCUT2D eigenvalue weighted by Gasteiger charge is 2.29. The number of hydrogen-bond donors (Lipinski definition) is 2. The van der Waals surface area contributed by atoms with E-state index in [2.05, 4.69) is 10.1 Å². The molecular formula is C18H24N2O7.